The first-order chi connectivity index (χ1) is 16.0. The molecule has 8 heteroatoms. The SMILES string of the molecule is COc1ccc(-c2nn(-c3ccccc3)cc2C(=O)NC(C)c2cccc([N+](=O)[O-])c2)cc1. The molecule has 33 heavy (non-hydrogen) atoms. The van der Waals surface area contributed by atoms with Gasteiger partial charge in [-0.25, -0.2) is 4.68 Å². The number of amides is 1. The summed E-state index contributed by atoms with van der Waals surface area (Å²) < 4.78 is 6.89. The minimum Gasteiger partial charge on any atom is -0.497 e. The van der Waals surface area contributed by atoms with Crippen LogP contribution < -0.4 is 10.1 Å². The Morgan fingerprint density at radius 1 is 1.06 bits per heavy atom. The first kappa shape index (κ1) is 21.8. The Morgan fingerprint density at radius 2 is 1.79 bits per heavy atom. The van der Waals surface area contributed by atoms with E-state index in [4.69, 9.17) is 4.74 Å². The Hall–Kier alpha value is -4.46. The average Bonchev–Trinajstić information content (AvgIpc) is 3.30. The summed E-state index contributed by atoms with van der Waals surface area (Å²) in [5.41, 5.74) is 3.10. The Balaban J connectivity index is 1.68. The third-order valence-corrected chi connectivity index (χ3v) is 5.27. The molecular weight excluding hydrogens is 420 g/mol. The summed E-state index contributed by atoms with van der Waals surface area (Å²) in [6.07, 6.45) is 1.68. The monoisotopic (exact) mass is 442 g/mol. The van der Waals surface area contributed by atoms with Crippen LogP contribution >= 0.6 is 0 Å². The van der Waals surface area contributed by atoms with Gasteiger partial charge in [-0.15, -0.1) is 0 Å². The van der Waals surface area contributed by atoms with Crippen molar-refractivity contribution >= 4 is 11.6 Å². The number of hydrogen-bond donors (Lipinski definition) is 1. The highest BCUT2D eigenvalue weighted by Crippen LogP contribution is 2.27. The molecule has 0 spiro atoms. The van der Waals surface area contributed by atoms with Gasteiger partial charge in [-0.2, -0.15) is 5.10 Å². The Kier molecular flexibility index (Phi) is 6.17. The van der Waals surface area contributed by atoms with E-state index in [0.29, 0.717) is 22.6 Å². The van der Waals surface area contributed by atoms with Crippen molar-refractivity contribution in [2.45, 2.75) is 13.0 Å². The Bertz CT molecular complexity index is 1280. The van der Waals surface area contributed by atoms with Crippen LogP contribution in [0.15, 0.2) is 85.1 Å². The number of non-ortho nitro benzene ring substituents is 1. The highest BCUT2D eigenvalue weighted by molar-refractivity contribution is 6.00. The molecule has 0 saturated carbocycles. The van der Waals surface area contributed by atoms with Gasteiger partial charge in [-0.05, 0) is 48.9 Å². The van der Waals surface area contributed by atoms with Crippen molar-refractivity contribution in [1.29, 1.82) is 0 Å². The van der Waals surface area contributed by atoms with Crippen LogP contribution in [0.4, 0.5) is 5.69 Å². The predicted molar refractivity (Wildman–Crippen MR) is 125 cm³/mol. The first-order valence-corrected chi connectivity index (χ1v) is 10.3. The minimum atomic E-state index is -0.455. The maximum absolute atomic E-state index is 13.3. The van der Waals surface area contributed by atoms with Crippen LogP contribution in [0.1, 0.15) is 28.9 Å². The summed E-state index contributed by atoms with van der Waals surface area (Å²) in [5, 5.41) is 18.7. The second-order valence-electron chi connectivity index (χ2n) is 7.45. The third kappa shape index (κ3) is 4.74. The number of carbonyl (C=O) groups is 1. The maximum atomic E-state index is 13.3. The fourth-order valence-corrected chi connectivity index (χ4v) is 3.48. The molecule has 0 aliphatic heterocycles. The van der Waals surface area contributed by atoms with Crippen LogP contribution in [0, 0.1) is 10.1 Å². The van der Waals surface area contributed by atoms with Crippen molar-refractivity contribution in [3.63, 3.8) is 0 Å². The molecule has 8 nitrogen and oxygen atoms in total. The van der Waals surface area contributed by atoms with E-state index in [0.717, 1.165) is 11.3 Å². The molecule has 0 aliphatic rings. The number of carbonyl (C=O) groups excluding carboxylic acids is 1. The van der Waals surface area contributed by atoms with Crippen molar-refractivity contribution in [3.8, 4) is 22.7 Å². The molecule has 0 aliphatic carbocycles. The fourth-order valence-electron chi connectivity index (χ4n) is 3.48. The lowest BCUT2D eigenvalue weighted by Crippen LogP contribution is -2.26. The summed E-state index contributed by atoms with van der Waals surface area (Å²) in [6, 6.07) is 22.6. The number of nitrogens with zero attached hydrogens (tertiary/aromatic N) is 3. The Morgan fingerprint density at radius 3 is 2.45 bits per heavy atom. The number of methoxy groups -OCH3 is 1. The molecule has 0 bridgehead atoms. The van der Waals surface area contributed by atoms with Crippen LogP contribution in [-0.2, 0) is 0 Å². The molecule has 166 valence electrons. The lowest BCUT2D eigenvalue weighted by molar-refractivity contribution is -0.384. The van der Waals surface area contributed by atoms with E-state index in [-0.39, 0.29) is 11.6 Å². The van der Waals surface area contributed by atoms with Crippen LogP contribution in [-0.4, -0.2) is 27.7 Å². The van der Waals surface area contributed by atoms with Gasteiger partial charge in [0.05, 0.1) is 29.3 Å². The second kappa shape index (κ2) is 9.35. The lowest BCUT2D eigenvalue weighted by atomic mass is 10.1. The van der Waals surface area contributed by atoms with Gasteiger partial charge in [-0.3, -0.25) is 14.9 Å². The molecule has 1 amide bonds. The summed E-state index contributed by atoms with van der Waals surface area (Å²) >= 11 is 0. The lowest BCUT2D eigenvalue weighted by Gasteiger charge is -2.14. The van der Waals surface area contributed by atoms with E-state index >= 15 is 0 Å². The van der Waals surface area contributed by atoms with Gasteiger partial charge in [0, 0.05) is 23.9 Å². The van der Waals surface area contributed by atoms with E-state index in [9.17, 15) is 14.9 Å². The van der Waals surface area contributed by atoms with Gasteiger partial charge in [-0.1, -0.05) is 30.3 Å². The van der Waals surface area contributed by atoms with Crippen molar-refractivity contribution in [1.82, 2.24) is 15.1 Å². The van der Waals surface area contributed by atoms with E-state index < -0.39 is 11.0 Å². The number of nitro groups is 1. The topological polar surface area (TPSA) is 99.3 Å². The molecule has 1 unspecified atom stereocenters. The molecule has 4 aromatic rings. The molecule has 1 atom stereocenters. The number of hydrogen-bond acceptors (Lipinski definition) is 5. The molecule has 4 rings (SSSR count). The normalized spacial score (nSPS) is 11.6. The van der Waals surface area contributed by atoms with E-state index in [1.807, 2.05) is 54.6 Å². The number of rotatable bonds is 7. The summed E-state index contributed by atoms with van der Waals surface area (Å²) in [4.78, 5) is 23.9. The number of ether oxygens (including phenoxy) is 1. The number of nitro benzene ring substituents is 1. The summed E-state index contributed by atoms with van der Waals surface area (Å²) in [6.45, 7) is 1.78. The van der Waals surface area contributed by atoms with Gasteiger partial charge in [0.2, 0.25) is 0 Å². The summed E-state index contributed by atoms with van der Waals surface area (Å²) in [5.74, 6) is 0.369. The smallest absolute Gasteiger partial charge is 0.269 e. The first-order valence-electron chi connectivity index (χ1n) is 10.3. The maximum Gasteiger partial charge on any atom is 0.269 e. The van der Waals surface area contributed by atoms with Crippen LogP contribution in [0.25, 0.3) is 16.9 Å². The summed E-state index contributed by atoms with van der Waals surface area (Å²) in [7, 11) is 1.59. The van der Waals surface area contributed by atoms with Crippen LogP contribution in [0.5, 0.6) is 5.75 Å². The van der Waals surface area contributed by atoms with Crippen molar-refractivity contribution in [2.75, 3.05) is 7.11 Å². The zero-order valence-corrected chi connectivity index (χ0v) is 18.1. The number of para-hydroxylation sites is 1. The highest BCUT2D eigenvalue weighted by Gasteiger charge is 2.21. The van der Waals surface area contributed by atoms with Gasteiger partial charge in [0.15, 0.2) is 0 Å². The van der Waals surface area contributed by atoms with Crippen molar-refractivity contribution in [3.05, 3.63) is 106 Å². The zero-order chi connectivity index (χ0) is 23.4. The van der Waals surface area contributed by atoms with Crippen LogP contribution in [0.2, 0.25) is 0 Å². The van der Waals surface area contributed by atoms with Crippen molar-refractivity contribution in [2.24, 2.45) is 0 Å². The molecule has 1 heterocycles. The van der Waals surface area contributed by atoms with Gasteiger partial charge < -0.3 is 10.1 Å². The fraction of sp³-hybridized carbons (Fsp3) is 0.120. The van der Waals surface area contributed by atoms with Gasteiger partial charge in [0.25, 0.3) is 11.6 Å². The van der Waals surface area contributed by atoms with Gasteiger partial charge >= 0.3 is 0 Å². The average molecular weight is 442 g/mol. The van der Waals surface area contributed by atoms with Crippen molar-refractivity contribution < 1.29 is 14.5 Å². The number of benzene rings is 3. The number of aromatic nitrogens is 2. The molecular formula is C25H22N4O4. The molecule has 1 N–H and O–H groups in total. The number of nitrogens with one attached hydrogen (secondary N) is 1. The third-order valence-electron chi connectivity index (χ3n) is 5.27. The molecule has 1 aromatic heterocycles. The zero-order valence-electron chi connectivity index (χ0n) is 18.1. The van der Waals surface area contributed by atoms with E-state index in [2.05, 4.69) is 10.4 Å². The van der Waals surface area contributed by atoms with Gasteiger partial charge in [0.1, 0.15) is 11.4 Å². The second-order valence-corrected chi connectivity index (χ2v) is 7.45. The predicted octanol–water partition coefficient (Wildman–Crippen LogP) is 4.95. The quantitative estimate of drug-likeness (QED) is 0.323. The van der Waals surface area contributed by atoms with Crippen LogP contribution in [0.3, 0.4) is 0 Å². The molecule has 0 saturated heterocycles. The highest BCUT2D eigenvalue weighted by atomic mass is 16.6. The largest absolute Gasteiger partial charge is 0.497 e. The molecule has 0 fully saturated rings. The molecule has 3 aromatic carbocycles. The van der Waals surface area contributed by atoms with E-state index in [1.165, 1.54) is 12.1 Å². The standard InChI is InChI=1S/C25H22N4O4/c1-17(19-7-6-10-21(15-19)29(31)32)26-25(30)23-16-28(20-8-4-3-5-9-20)27-24(23)18-11-13-22(33-2)14-12-18/h3-17H,1-2H3,(H,26,30). The Labute approximate surface area is 190 Å². The minimum absolute atomic E-state index is 0.0237. The van der Waals surface area contributed by atoms with E-state index in [1.54, 1.807) is 37.0 Å². The molecule has 0 radical (unpaired) electrons.